The Bertz CT molecular complexity index is 1130. The second-order valence-electron chi connectivity index (χ2n) is 8.93. The van der Waals surface area contributed by atoms with Crippen LogP contribution in [0.5, 0.6) is 0 Å². The molecule has 5 rings (SSSR count). The van der Waals surface area contributed by atoms with Crippen LogP contribution in [0.15, 0.2) is 48.5 Å². The van der Waals surface area contributed by atoms with Crippen LogP contribution < -0.4 is 5.32 Å². The van der Waals surface area contributed by atoms with E-state index in [1.54, 1.807) is 18.3 Å². The maximum atomic E-state index is 13.4. The van der Waals surface area contributed by atoms with Gasteiger partial charge in [0, 0.05) is 42.9 Å². The molecule has 1 aromatic heterocycles. The van der Waals surface area contributed by atoms with E-state index in [-0.39, 0.29) is 17.7 Å². The molecule has 5 nitrogen and oxygen atoms in total. The van der Waals surface area contributed by atoms with Gasteiger partial charge in [0.15, 0.2) is 0 Å². The molecular formula is C26H29N3O2S. The van der Waals surface area contributed by atoms with Gasteiger partial charge in [-0.05, 0) is 67.1 Å². The highest BCUT2D eigenvalue weighted by Gasteiger charge is 2.31. The molecular weight excluding hydrogens is 418 g/mol. The summed E-state index contributed by atoms with van der Waals surface area (Å²) in [5.74, 6) is 0.237. The maximum Gasteiger partial charge on any atom is 0.266 e. The molecule has 2 saturated heterocycles. The zero-order valence-electron chi connectivity index (χ0n) is 18.5. The highest BCUT2D eigenvalue weighted by Crippen LogP contribution is 2.40. The van der Waals surface area contributed by atoms with Crippen molar-refractivity contribution in [2.75, 3.05) is 31.5 Å². The Kier molecular flexibility index (Phi) is 5.98. The highest BCUT2D eigenvalue weighted by molar-refractivity contribution is 7.21. The van der Waals surface area contributed by atoms with Crippen molar-refractivity contribution in [3.05, 3.63) is 64.5 Å². The van der Waals surface area contributed by atoms with Crippen LogP contribution >= 0.6 is 11.3 Å². The number of likely N-dealkylation sites (tertiary alicyclic amines) is 2. The minimum absolute atomic E-state index is 0.0604. The number of nitrogens with zero attached hydrogens (tertiary/aromatic N) is 2. The molecule has 0 saturated carbocycles. The summed E-state index contributed by atoms with van der Waals surface area (Å²) in [6, 6.07) is 16.4. The van der Waals surface area contributed by atoms with E-state index in [0.29, 0.717) is 6.54 Å². The van der Waals surface area contributed by atoms with Crippen LogP contribution in [-0.4, -0.2) is 47.8 Å². The molecule has 3 aromatic rings. The Morgan fingerprint density at radius 1 is 1.03 bits per heavy atom. The van der Waals surface area contributed by atoms with Crippen molar-refractivity contribution in [1.29, 1.82) is 0 Å². The zero-order chi connectivity index (χ0) is 22.1. The molecule has 0 aliphatic carbocycles. The van der Waals surface area contributed by atoms with Gasteiger partial charge in [-0.25, -0.2) is 0 Å². The zero-order valence-corrected chi connectivity index (χ0v) is 19.3. The summed E-state index contributed by atoms with van der Waals surface area (Å²) in [5.41, 5.74) is 3.19. The summed E-state index contributed by atoms with van der Waals surface area (Å²) in [5, 5.41) is 4.25. The van der Waals surface area contributed by atoms with Crippen LogP contribution in [0.1, 0.15) is 52.9 Å². The van der Waals surface area contributed by atoms with Crippen LogP contribution in [0.25, 0.3) is 10.1 Å². The first-order valence-corrected chi connectivity index (χ1v) is 12.3. The van der Waals surface area contributed by atoms with Gasteiger partial charge in [-0.3, -0.25) is 14.5 Å². The summed E-state index contributed by atoms with van der Waals surface area (Å²) in [6.07, 6.45) is 3.47. The van der Waals surface area contributed by atoms with E-state index in [1.807, 2.05) is 29.2 Å². The number of rotatable bonds is 5. The lowest BCUT2D eigenvalue weighted by Gasteiger charge is -2.16. The lowest BCUT2D eigenvalue weighted by atomic mass is 9.95. The van der Waals surface area contributed by atoms with Gasteiger partial charge in [0.1, 0.15) is 0 Å². The molecule has 0 bridgehead atoms. The molecule has 1 N–H and O–H groups in total. The third kappa shape index (κ3) is 4.30. The average molecular weight is 448 g/mol. The van der Waals surface area contributed by atoms with Gasteiger partial charge in [-0.2, -0.15) is 0 Å². The number of anilines is 1. The SMILES string of the molecule is CC(=O)N1CC[C@H](c2c(C(=O)Nc3ccc(CN4CCCC4)cc3)sc3ccccc23)C1. The Morgan fingerprint density at radius 3 is 2.50 bits per heavy atom. The maximum absolute atomic E-state index is 13.4. The summed E-state index contributed by atoms with van der Waals surface area (Å²) >= 11 is 1.55. The number of hydrogen-bond donors (Lipinski definition) is 1. The molecule has 2 fully saturated rings. The monoisotopic (exact) mass is 447 g/mol. The number of hydrogen-bond acceptors (Lipinski definition) is 4. The fourth-order valence-corrected chi connectivity index (χ4v) is 6.19. The van der Waals surface area contributed by atoms with Gasteiger partial charge in [-0.1, -0.05) is 30.3 Å². The van der Waals surface area contributed by atoms with Crippen LogP contribution in [0.3, 0.4) is 0 Å². The van der Waals surface area contributed by atoms with Crippen LogP contribution in [0.2, 0.25) is 0 Å². The van der Waals surface area contributed by atoms with Crippen molar-refractivity contribution in [2.45, 2.75) is 38.6 Å². The summed E-state index contributed by atoms with van der Waals surface area (Å²) in [7, 11) is 0. The van der Waals surface area contributed by atoms with Gasteiger partial charge in [0.25, 0.3) is 5.91 Å². The predicted octanol–water partition coefficient (Wildman–Crippen LogP) is 5.09. The molecule has 2 aliphatic rings. The van der Waals surface area contributed by atoms with Crippen molar-refractivity contribution in [1.82, 2.24) is 9.80 Å². The molecule has 3 heterocycles. The van der Waals surface area contributed by atoms with E-state index in [4.69, 9.17) is 0 Å². The molecule has 0 unspecified atom stereocenters. The normalized spacial score (nSPS) is 19.0. The first-order chi connectivity index (χ1) is 15.6. The average Bonchev–Trinajstić information content (AvgIpc) is 3.54. The Morgan fingerprint density at radius 2 is 1.78 bits per heavy atom. The van der Waals surface area contributed by atoms with Gasteiger partial charge in [-0.15, -0.1) is 11.3 Å². The number of carbonyl (C=O) groups is 2. The standard InChI is InChI=1S/C26H29N3O2S/c1-18(30)29-15-12-20(17-29)24-22-6-2-3-7-23(22)32-25(24)26(31)27-21-10-8-19(9-11-21)16-28-13-4-5-14-28/h2-3,6-11,20H,4-5,12-17H2,1H3,(H,27,31)/t20-/m0/s1. The van der Waals surface area contributed by atoms with Gasteiger partial charge in [0.2, 0.25) is 5.91 Å². The predicted molar refractivity (Wildman–Crippen MR) is 130 cm³/mol. The Balaban J connectivity index is 1.37. The molecule has 2 amide bonds. The lowest BCUT2D eigenvalue weighted by molar-refractivity contribution is -0.127. The number of amides is 2. The van der Waals surface area contributed by atoms with Gasteiger partial charge < -0.3 is 10.2 Å². The van der Waals surface area contributed by atoms with Crippen LogP contribution in [0, 0.1) is 0 Å². The molecule has 166 valence electrons. The molecule has 0 spiro atoms. The van der Waals surface area contributed by atoms with Crippen molar-refractivity contribution >= 4 is 38.9 Å². The third-order valence-electron chi connectivity index (χ3n) is 6.70. The first kappa shape index (κ1) is 21.2. The van der Waals surface area contributed by atoms with Crippen molar-refractivity contribution in [3.63, 3.8) is 0 Å². The number of nitrogens with one attached hydrogen (secondary N) is 1. The second kappa shape index (κ2) is 9.04. The minimum Gasteiger partial charge on any atom is -0.342 e. The van der Waals surface area contributed by atoms with E-state index in [9.17, 15) is 9.59 Å². The largest absolute Gasteiger partial charge is 0.342 e. The fraction of sp³-hybridized carbons (Fsp3) is 0.385. The van der Waals surface area contributed by atoms with Crippen LogP contribution in [0.4, 0.5) is 5.69 Å². The summed E-state index contributed by atoms with van der Waals surface area (Å²) < 4.78 is 1.12. The topological polar surface area (TPSA) is 52.7 Å². The first-order valence-electron chi connectivity index (χ1n) is 11.5. The number of thiophene rings is 1. The van der Waals surface area contributed by atoms with E-state index < -0.39 is 0 Å². The molecule has 32 heavy (non-hydrogen) atoms. The van der Waals surface area contributed by atoms with E-state index in [2.05, 4.69) is 34.5 Å². The lowest BCUT2D eigenvalue weighted by Crippen LogP contribution is -2.25. The van der Waals surface area contributed by atoms with E-state index >= 15 is 0 Å². The number of benzene rings is 2. The van der Waals surface area contributed by atoms with Crippen molar-refractivity contribution < 1.29 is 9.59 Å². The summed E-state index contributed by atoms with van der Waals surface area (Å²) in [6.45, 7) is 6.38. The van der Waals surface area contributed by atoms with Crippen LogP contribution in [-0.2, 0) is 11.3 Å². The van der Waals surface area contributed by atoms with Crippen molar-refractivity contribution in [3.8, 4) is 0 Å². The Labute approximate surface area is 193 Å². The van der Waals surface area contributed by atoms with E-state index in [1.165, 1.54) is 31.5 Å². The van der Waals surface area contributed by atoms with Crippen molar-refractivity contribution in [2.24, 2.45) is 0 Å². The smallest absolute Gasteiger partial charge is 0.266 e. The quantitative estimate of drug-likeness (QED) is 0.593. The second-order valence-corrected chi connectivity index (χ2v) is 9.98. The number of carbonyl (C=O) groups excluding carboxylic acids is 2. The minimum atomic E-state index is -0.0604. The summed E-state index contributed by atoms with van der Waals surface area (Å²) in [4.78, 5) is 30.3. The molecule has 6 heteroatoms. The third-order valence-corrected chi connectivity index (χ3v) is 7.88. The van der Waals surface area contributed by atoms with Gasteiger partial charge >= 0.3 is 0 Å². The molecule has 0 radical (unpaired) electrons. The molecule has 2 aromatic carbocycles. The molecule has 1 atom stereocenters. The fourth-order valence-electron chi connectivity index (χ4n) is 5.00. The molecule has 2 aliphatic heterocycles. The number of fused-ring (bicyclic) bond motifs is 1. The highest BCUT2D eigenvalue weighted by atomic mass is 32.1. The van der Waals surface area contributed by atoms with Gasteiger partial charge in [0.05, 0.1) is 4.88 Å². The Hall–Kier alpha value is -2.70. The van der Waals surface area contributed by atoms with E-state index in [0.717, 1.165) is 45.7 Å².